The number of aromatic nitrogens is 1. The van der Waals surface area contributed by atoms with Gasteiger partial charge in [0.05, 0.1) is 6.42 Å². The van der Waals surface area contributed by atoms with Crippen LogP contribution < -0.4 is 0 Å². The lowest BCUT2D eigenvalue weighted by atomic mass is 10.0. The summed E-state index contributed by atoms with van der Waals surface area (Å²) in [4.78, 5) is 23.2. The molecule has 0 atom stereocenters. The highest BCUT2D eigenvalue weighted by molar-refractivity contribution is 5.72. The fraction of sp³-hybridized carbons (Fsp3) is 0.222. The summed E-state index contributed by atoms with van der Waals surface area (Å²) < 4.78 is 25.4. The fourth-order valence-electron chi connectivity index (χ4n) is 1.29. The standard InChI is InChI=1S/C9H5F2N3O4/c10-9(11)5-1-7(14(17)18)13-6(3-12)4(5)2-8(15)16/h1,9H,2H2,(H,15,16). The van der Waals surface area contributed by atoms with E-state index in [-0.39, 0.29) is 0 Å². The van der Waals surface area contributed by atoms with Crippen molar-refractivity contribution >= 4 is 11.8 Å². The van der Waals surface area contributed by atoms with Crippen LogP contribution in [0.1, 0.15) is 23.2 Å². The first kappa shape index (κ1) is 13.4. The van der Waals surface area contributed by atoms with E-state index in [4.69, 9.17) is 10.4 Å². The number of aliphatic carboxylic acids is 1. The molecule has 0 spiro atoms. The molecule has 0 aromatic carbocycles. The molecule has 0 aliphatic carbocycles. The molecule has 0 amide bonds. The van der Waals surface area contributed by atoms with Gasteiger partial charge in [-0.25, -0.2) is 8.78 Å². The van der Waals surface area contributed by atoms with Gasteiger partial charge in [-0.15, -0.1) is 0 Å². The second-order valence-electron chi connectivity index (χ2n) is 3.14. The Kier molecular flexibility index (Phi) is 3.83. The van der Waals surface area contributed by atoms with Crippen molar-refractivity contribution in [1.82, 2.24) is 4.98 Å². The van der Waals surface area contributed by atoms with E-state index < -0.39 is 46.4 Å². The van der Waals surface area contributed by atoms with Gasteiger partial charge in [0.15, 0.2) is 0 Å². The Morgan fingerprint density at radius 1 is 1.67 bits per heavy atom. The van der Waals surface area contributed by atoms with E-state index in [1.165, 1.54) is 6.07 Å². The number of alkyl halides is 2. The maximum Gasteiger partial charge on any atom is 0.365 e. The van der Waals surface area contributed by atoms with Gasteiger partial charge in [0.25, 0.3) is 12.1 Å². The number of halogens is 2. The van der Waals surface area contributed by atoms with E-state index in [2.05, 4.69) is 4.98 Å². The molecule has 9 heteroatoms. The molecule has 0 fully saturated rings. The molecule has 18 heavy (non-hydrogen) atoms. The first-order valence-corrected chi connectivity index (χ1v) is 4.45. The van der Waals surface area contributed by atoms with Gasteiger partial charge < -0.3 is 15.2 Å². The van der Waals surface area contributed by atoms with Crippen LogP contribution in [0.2, 0.25) is 0 Å². The van der Waals surface area contributed by atoms with Gasteiger partial charge in [-0.1, -0.05) is 0 Å². The molecule has 1 aromatic heterocycles. The summed E-state index contributed by atoms with van der Waals surface area (Å²) >= 11 is 0. The van der Waals surface area contributed by atoms with E-state index in [0.29, 0.717) is 6.07 Å². The van der Waals surface area contributed by atoms with Crippen molar-refractivity contribution in [1.29, 1.82) is 5.26 Å². The van der Waals surface area contributed by atoms with Crippen LogP contribution in [0.15, 0.2) is 6.07 Å². The highest BCUT2D eigenvalue weighted by Gasteiger charge is 2.26. The van der Waals surface area contributed by atoms with E-state index in [0.717, 1.165) is 0 Å². The van der Waals surface area contributed by atoms with Crippen LogP contribution >= 0.6 is 0 Å². The molecule has 7 nitrogen and oxygen atoms in total. The quantitative estimate of drug-likeness (QED) is 0.643. The van der Waals surface area contributed by atoms with Crippen LogP contribution in [-0.4, -0.2) is 21.0 Å². The molecule has 0 aliphatic rings. The molecule has 0 saturated carbocycles. The Bertz CT molecular complexity index is 553. The third-order valence-corrected chi connectivity index (χ3v) is 2.00. The van der Waals surface area contributed by atoms with Crippen LogP contribution in [0.25, 0.3) is 0 Å². The highest BCUT2D eigenvalue weighted by atomic mass is 19.3. The molecule has 0 radical (unpaired) electrons. The van der Waals surface area contributed by atoms with E-state index in [1.54, 1.807) is 0 Å². The average molecular weight is 257 g/mol. The van der Waals surface area contributed by atoms with E-state index in [1.807, 2.05) is 0 Å². The molecule has 0 unspecified atom stereocenters. The lowest BCUT2D eigenvalue weighted by molar-refractivity contribution is -0.389. The minimum atomic E-state index is -3.13. The number of hydrogen-bond donors (Lipinski definition) is 1. The predicted molar refractivity (Wildman–Crippen MR) is 51.9 cm³/mol. The second-order valence-corrected chi connectivity index (χ2v) is 3.14. The lowest BCUT2D eigenvalue weighted by Crippen LogP contribution is -2.09. The van der Waals surface area contributed by atoms with Gasteiger partial charge in [0.2, 0.25) is 0 Å². The molecule has 1 N–H and O–H groups in total. The van der Waals surface area contributed by atoms with Crippen molar-refractivity contribution in [2.75, 3.05) is 0 Å². The third-order valence-electron chi connectivity index (χ3n) is 2.00. The SMILES string of the molecule is N#Cc1nc([N+](=O)[O-])cc(C(F)F)c1CC(=O)O. The van der Waals surface area contributed by atoms with Crippen molar-refractivity contribution in [3.63, 3.8) is 0 Å². The Balaban J connectivity index is 3.52. The van der Waals surface area contributed by atoms with E-state index >= 15 is 0 Å². The molecule has 0 aliphatic heterocycles. The van der Waals surface area contributed by atoms with Gasteiger partial charge >= 0.3 is 11.8 Å². The Hall–Kier alpha value is -2.63. The van der Waals surface area contributed by atoms with Gasteiger partial charge in [-0.2, -0.15) is 5.26 Å². The second kappa shape index (κ2) is 5.13. The molecule has 0 saturated heterocycles. The largest absolute Gasteiger partial charge is 0.481 e. The number of carbonyl (C=O) groups is 1. The number of nitriles is 1. The molecule has 1 aromatic rings. The van der Waals surface area contributed by atoms with Crippen LogP contribution in [0.5, 0.6) is 0 Å². The maximum absolute atomic E-state index is 12.7. The zero-order valence-electron chi connectivity index (χ0n) is 8.63. The van der Waals surface area contributed by atoms with Crippen LogP contribution in [0.4, 0.5) is 14.6 Å². The zero-order chi connectivity index (χ0) is 13.9. The van der Waals surface area contributed by atoms with Crippen molar-refractivity contribution < 1.29 is 23.6 Å². The summed E-state index contributed by atoms with van der Waals surface area (Å²) in [7, 11) is 0. The van der Waals surface area contributed by atoms with Crippen LogP contribution in [0.3, 0.4) is 0 Å². The summed E-state index contributed by atoms with van der Waals surface area (Å²) in [5, 5.41) is 27.7. The van der Waals surface area contributed by atoms with E-state index in [9.17, 15) is 23.7 Å². The average Bonchev–Trinajstić information content (AvgIpc) is 2.27. The van der Waals surface area contributed by atoms with Gasteiger partial charge in [0, 0.05) is 17.2 Å². The molecule has 1 heterocycles. The highest BCUT2D eigenvalue weighted by Crippen LogP contribution is 2.28. The summed E-state index contributed by atoms with van der Waals surface area (Å²) in [6.45, 7) is 0. The predicted octanol–water partition coefficient (Wildman–Crippen LogP) is 1.43. The Labute approximate surface area is 98.4 Å². The Morgan fingerprint density at radius 2 is 2.28 bits per heavy atom. The first-order valence-electron chi connectivity index (χ1n) is 4.45. The van der Waals surface area contributed by atoms with Crippen molar-refractivity contribution in [2.45, 2.75) is 12.8 Å². The number of nitrogens with zero attached hydrogens (tertiary/aromatic N) is 3. The number of rotatable bonds is 4. The molecule has 94 valence electrons. The maximum atomic E-state index is 12.7. The van der Waals surface area contributed by atoms with Crippen LogP contribution in [0, 0.1) is 21.4 Å². The number of carboxylic acid groups (broad SMARTS) is 1. The summed E-state index contributed by atoms with van der Waals surface area (Å²) in [6.07, 6.45) is -3.98. The third kappa shape index (κ3) is 2.73. The molecule has 1 rings (SSSR count). The monoisotopic (exact) mass is 257 g/mol. The van der Waals surface area contributed by atoms with Crippen molar-refractivity contribution in [3.05, 3.63) is 33.0 Å². The minimum Gasteiger partial charge on any atom is -0.481 e. The molecular formula is C9H5F2N3O4. The van der Waals surface area contributed by atoms with Crippen LogP contribution in [-0.2, 0) is 11.2 Å². The van der Waals surface area contributed by atoms with Gasteiger partial charge in [-0.05, 0) is 9.91 Å². The lowest BCUT2D eigenvalue weighted by Gasteiger charge is -2.06. The minimum absolute atomic E-state index is 0.476. The van der Waals surface area contributed by atoms with Crippen molar-refractivity contribution in [2.24, 2.45) is 0 Å². The topological polar surface area (TPSA) is 117 Å². The fourth-order valence-corrected chi connectivity index (χ4v) is 1.29. The smallest absolute Gasteiger partial charge is 0.365 e. The van der Waals surface area contributed by atoms with Gasteiger partial charge in [-0.3, -0.25) is 4.79 Å². The number of nitro groups is 1. The molecule has 0 bridgehead atoms. The molecular weight excluding hydrogens is 252 g/mol. The Morgan fingerprint density at radius 3 is 2.67 bits per heavy atom. The first-order chi connectivity index (χ1) is 8.36. The number of pyridine rings is 1. The van der Waals surface area contributed by atoms with Gasteiger partial charge in [0.1, 0.15) is 6.07 Å². The number of hydrogen-bond acceptors (Lipinski definition) is 5. The summed E-state index contributed by atoms with van der Waals surface area (Å²) in [6, 6.07) is 1.86. The van der Waals surface area contributed by atoms with Crippen molar-refractivity contribution in [3.8, 4) is 6.07 Å². The normalized spacial score (nSPS) is 10.1. The summed E-state index contributed by atoms with van der Waals surface area (Å²) in [5.74, 6) is -2.36. The number of carboxylic acids is 1. The summed E-state index contributed by atoms with van der Waals surface area (Å²) in [5.41, 5.74) is -2.05. The zero-order valence-corrected chi connectivity index (χ0v) is 8.63.